The van der Waals surface area contributed by atoms with Crippen LogP contribution in [0.3, 0.4) is 0 Å². The molecule has 4 aromatic rings. The Balaban J connectivity index is 1.62. The monoisotopic (exact) mass is 528 g/mol. The Labute approximate surface area is 217 Å². The fourth-order valence-electron chi connectivity index (χ4n) is 3.99. The summed E-state index contributed by atoms with van der Waals surface area (Å²) in [6.07, 6.45) is 6.28. The van der Waals surface area contributed by atoms with E-state index in [-0.39, 0.29) is 6.04 Å². The van der Waals surface area contributed by atoms with Gasteiger partial charge in [-0.1, -0.05) is 23.2 Å². The predicted molar refractivity (Wildman–Crippen MR) is 139 cm³/mol. The maximum atomic E-state index is 6.68. The van der Waals surface area contributed by atoms with Gasteiger partial charge >= 0.3 is 0 Å². The number of aromatic nitrogens is 5. The molecule has 36 heavy (non-hydrogen) atoms. The molecule has 0 radical (unpaired) electrons. The molecule has 1 fully saturated rings. The summed E-state index contributed by atoms with van der Waals surface area (Å²) in [7, 11) is 4.92. The van der Waals surface area contributed by atoms with Crippen LogP contribution in [0.2, 0.25) is 10.0 Å². The van der Waals surface area contributed by atoms with Crippen molar-refractivity contribution in [1.29, 1.82) is 0 Å². The van der Waals surface area contributed by atoms with Gasteiger partial charge in [-0.15, -0.1) is 0 Å². The minimum Gasteiger partial charge on any atom is -0.495 e. The second kappa shape index (κ2) is 10.3. The normalized spacial score (nSPS) is 15.3. The third-order valence-electron chi connectivity index (χ3n) is 5.80. The molecule has 0 spiro atoms. The molecule has 3 aromatic heterocycles. The minimum absolute atomic E-state index is 0.0448. The number of benzene rings is 1. The first kappa shape index (κ1) is 24.4. The number of pyridine rings is 1. The molecular formula is C24H24Cl2N7O3-. The summed E-state index contributed by atoms with van der Waals surface area (Å²) in [6.45, 7) is 1.74. The van der Waals surface area contributed by atoms with Gasteiger partial charge in [0.1, 0.15) is 17.3 Å². The molecule has 1 unspecified atom stereocenters. The molecule has 0 saturated carbocycles. The summed E-state index contributed by atoms with van der Waals surface area (Å²) >= 11 is 13.4. The summed E-state index contributed by atoms with van der Waals surface area (Å²) in [5, 5.41) is 13.6. The van der Waals surface area contributed by atoms with Crippen LogP contribution in [0.25, 0.3) is 27.5 Å². The lowest BCUT2D eigenvalue weighted by Gasteiger charge is -2.20. The summed E-state index contributed by atoms with van der Waals surface area (Å²) < 4.78 is 18.0. The molecule has 5 rings (SSSR count). The van der Waals surface area contributed by atoms with E-state index in [0.717, 1.165) is 17.4 Å². The van der Waals surface area contributed by atoms with E-state index in [9.17, 15) is 0 Å². The molecule has 1 saturated heterocycles. The van der Waals surface area contributed by atoms with Gasteiger partial charge in [0.05, 0.1) is 42.8 Å². The topological polar surface area (TPSA) is 110 Å². The molecule has 1 aliphatic rings. The average Bonchev–Trinajstić information content (AvgIpc) is 3.54. The van der Waals surface area contributed by atoms with Gasteiger partial charge < -0.3 is 34.8 Å². The van der Waals surface area contributed by atoms with Crippen molar-refractivity contribution in [2.45, 2.75) is 19.0 Å². The maximum Gasteiger partial charge on any atom is 0.141 e. The summed E-state index contributed by atoms with van der Waals surface area (Å²) in [5.74, 6) is 1.76. The van der Waals surface area contributed by atoms with Crippen LogP contribution < -0.4 is 14.8 Å². The lowest BCUT2D eigenvalue weighted by atomic mass is 10.1. The Hall–Kier alpha value is -3.34. The number of nitrogens with zero attached hydrogens (tertiary/aromatic N) is 6. The number of ether oxygens (including phenoxy) is 3. The van der Waals surface area contributed by atoms with Gasteiger partial charge in [-0.2, -0.15) is 5.10 Å². The van der Waals surface area contributed by atoms with Gasteiger partial charge in [0.2, 0.25) is 0 Å². The fourth-order valence-corrected chi connectivity index (χ4v) is 4.68. The van der Waals surface area contributed by atoms with Crippen molar-refractivity contribution in [3.05, 3.63) is 51.6 Å². The van der Waals surface area contributed by atoms with Crippen LogP contribution in [-0.4, -0.2) is 58.2 Å². The third-order valence-corrected chi connectivity index (χ3v) is 6.56. The largest absolute Gasteiger partial charge is 0.495 e. The van der Waals surface area contributed by atoms with Gasteiger partial charge in [0, 0.05) is 61.1 Å². The third kappa shape index (κ3) is 4.84. The van der Waals surface area contributed by atoms with Gasteiger partial charge in [0.15, 0.2) is 0 Å². The molecule has 188 valence electrons. The first-order chi connectivity index (χ1) is 17.5. The lowest BCUT2D eigenvalue weighted by molar-refractivity contribution is 0.196. The molecule has 1 aromatic carbocycles. The van der Waals surface area contributed by atoms with Gasteiger partial charge in [-0.3, -0.25) is 4.68 Å². The standard InChI is InChI=1S/C24H24Cl2N7O3/c1-33-11-13(9-29-33)8-27-23-22-14(10-28-24(32-22)30-15-4-5-36-12-15)6-16(31-23)19-20(25)17(34-2)7-18(35-3)21(19)26/h6-7,9-11,15H,4-5,8,12H2,1-3H3,(H-,27,28,30,31,32)/q-1. The fraction of sp³-hybridized carbons (Fsp3) is 0.333. The molecule has 12 heteroatoms. The Morgan fingerprint density at radius 1 is 1.14 bits per heavy atom. The van der Waals surface area contributed by atoms with Crippen LogP contribution in [-0.2, 0) is 18.3 Å². The van der Waals surface area contributed by atoms with Crippen LogP contribution in [0.4, 0.5) is 11.8 Å². The number of hydrogen-bond donors (Lipinski definition) is 1. The molecule has 1 N–H and O–H groups in total. The minimum atomic E-state index is 0.0448. The van der Waals surface area contributed by atoms with Crippen LogP contribution in [0, 0.1) is 0 Å². The van der Waals surface area contributed by atoms with Crippen LogP contribution in [0.15, 0.2) is 30.7 Å². The Kier molecular flexibility index (Phi) is 6.99. The van der Waals surface area contributed by atoms with E-state index in [1.54, 1.807) is 23.1 Å². The zero-order valence-electron chi connectivity index (χ0n) is 20.0. The number of nitrogens with one attached hydrogen (secondary N) is 1. The Bertz CT molecular complexity index is 1380. The smallest absolute Gasteiger partial charge is 0.141 e. The Morgan fingerprint density at radius 2 is 1.92 bits per heavy atom. The number of halogens is 2. The van der Waals surface area contributed by atoms with E-state index in [2.05, 4.69) is 20.7 Å². The highest BCUT2D eigenvalue weighted by Gasteiger charge is 2.21. The number of aryl methyl sites for hydroxylation is 1. The van der Waals surface area contributed by atoms with E-state index in [0.29, 0.717) is 69.8 Å². The second-order valence-electron chi connectivity index (χ2n) is 8.27. The first-order valence-electron chi connectivity index (χ1n) is 11.2. The quantitative estimate of drug-likeness (QED) is 0.334. The van der Waals surface area contributed by atoms with Gasteiger partial charge in [-0.25, -0.2) is 4.98 Å². The highest BCUT2D eigenvalue weighted by Crippen LogP contribution is 2.46. The first-order valence-corrected chi connectivity index (χ1v) is 12.0. The summed E-state index contributed by atoms with van der Waals surface area (Å²) in [4.78, 5) is 14.0. The molecule has 1 aliphatic heterocycles. The van der Waals surface area contributed by atoms with Gasteiger partial charge in [-0.05, 0) is 24.1 Å². The van der Waals surface area contributed by atoms with Crippen molar-refractivity contribution >= 4 is 45.9 Å². The molecule has 0 amide bonds. The molecule has 10 nitrogen and oxygen atoms in total. The number of rotatable bonds is 8. The maximum absolute atomic E-state index is 6.68. The SMILES string of the molecule is COc1cc(OC)c(Cl)c(-c2cc3cnc([N-]C4CCOC4)nc3c(NCc3cnn(C)c3)n2)c1Cl. The second-order valence-corrected chi connectivity index (χ2v) is 9.03. The van der Waals surface area contributed by atoms with Crippen LogP contribution in [0.1, 0.15) is 12.0 Å². The van der Waals surface area contributed by atoms with Crippen molar-refractivity contribution in [2.75, 3.05) is 32.8 Å². The van der Waals surface area contributed by atoms with Gasteiger partial charge in [0.25, 0.3) is 0 Å². The number of anilines is 1. The highest BCUT2D eigenvalue weighted by molar-refractivity contribution is 6.41. The van der Waals surface area contributed by atoms with E-state index in [1.807, 2.05) is 19.3 Å². The van der Waals surface area contributed by atoms with E-state index < -0.39 is 0 Å². The van der Waals surface area contributed by atoms with Crippen molar-refractivity contribution < 1.29 is 14.2 Å². The number of hydrogen-bond acceptors (Lipinski definition) is 8. The van der Waals surface area contributed by atoms with Crippen LogP contribution >= 0.6 is 23.2 Å². The average molecular weight is 529 g/mol. The van der Waals surface area contributed by atoms with E-state index in [4.69, 9.17) is 47.4 Å². The molecule has 4 heterocycles. The summed E-state index contributed by atoms with van der Waals surface area (Å²) in [6, 6.07) is 3.52. The number of methoxy groups -OCH3 is 2. The van der Waals surface area contributed by atoms with Crippen LogP contribution in [0.5, 0.6) is 11.5 Å². The Morgan fingerprint density at radius 3 is 2.56 bits per heavy atom. The molecule has 1 atom stereocenters. The van der Waals surface area contributed by atoms with Crippen molar-refractivity contribution in [3.8, 4) is 22.8 Å². The van der Waals surface area contributed by atoms with E-state index >= 15 is 0 Å². The predicted octanol–water partition coefficient (Wildman–Crippen LogP) is 5.16. The molecule has 0 aliphatic carbocycles. The highest BCUT2D eigenvalue weighted by atomic mass is 35.5. The zero-order chi connectivity index (χ0) is 25.2. The number of fused-ring (bicyclic) bond motifs is 1. The summed E-state index contributed by atoms with van der Waals surface area (Å²) in [5.41, 5.74) is 2.61. The van der Waals surface area contributed by atoms with Crippen molar-refractivity contribution in [3.63, 3.8) is 0 Å². The van der Waals surface area contributed by atoms with Crippen molar-refractivity contribution in [2.24, 2.45) is 7.05 Å². The lowest BCUT2D eigenvalue weighted by Crippen LogP contribution is -2.06. The van der Waals surface area contributed by atoms with E-state index in [1.165, 1.54) is 14.2 Å². The molecule has 0 bridgehead atoms. The van der Waals surface area contributed by atoms with Crippen molar-refractivity contribution in [1.82, 2.24) is 24.7 Å². The zero-order valence-corrected chi connectivity index (χ0v) is 21.5. The molecular weight excluding hydrogens is 505 g/mol.